The fourth-order valence-corrected chi connectivity index (χ4v) is 3.60. The summed E-state index contributed by atoms with van der Waals surface area (Å²) in [6, 6.07) is 8.69. The minimum absolute atomic E-state index is 0.0155. The van der Waals surface area contributed by atoms with Gasteiger partial charge in [-0.05, 0) is 53.9 Å². The number of fused-ring (bicyclic) bond motifs is 1. The van der Waals surface area contributed by atoms with Crippen molar-refractivity contribution in [2.75, 3.05) is 27.2 Å². The number of nitrogens with zero attached hydrogens (tertiary/aromatic N) is 1. The van der Waals surface area contributed by atoms with Crippen LogP contribution < -0.4 is 4.74 Å². The van der Waals surface area contributed by atoms with E-state index in [1.54, 1.807) is 24.3 Å². The van der Waals surface area contributed by atoms with E-state index in [-0.39, 0.29) is 29.1 Å². The Bertz CT molecular complexity index is 759. The van der Waals surface area contributed by atoms with Crippen LogP contribution in [-0.4, -0.2) is 47.5 Å². The van der Waals surface area contributed by atoms with Crippen molar-refractivity contribution in [2.45, 2.75) is 18.8 Å². The Kier molecular flexibility index (Phi) is 4.28. The maximum atomic E-state index is 10.1. The van der Waals surface area contributed by atoms with Crippen molar-refractivity contribution in [1.82, 2.24) is 4.90 Å². The SMILES string of the molecule is COc1ccc(C2CN(C)CC(C)c3cc(O)c(O)cc32)cc1O. The van der Waals surface area contributed by atoms with E-state index in [1.165, 1.54) is 7.11 Å². The first kappa shape index (κ1) is 16.5. The van der Waals surface area contributed by atoms with Crippen LogP contribution in [0.1, 0.15) is 35.4 Å². The smallest absolute Gasteiger partial charge is 0.160 e. The van der Waals surface area contributed by atoms with Crippen molar-refractivity contribution in [3.63, 3.8) is 0 Å². The zero-order chi connectivity index (χ0) is 17.4. The number of likely N-dealkylation sites (N-methyl/N-ethyl adjacent to an activating group) is 1. The summed E-state index contributed by atoms with van der Waals surface area (Å²) >= 11 is 0. The van der Waals surface area contributed by atoms with Gasteiger partial charge in [0.25, 0.3) is 0 Å². The van der Waals surface area contributed by atoms with Crippen molar-refractivity contribution >= 4 is 0 Å². The van der Waals surface area contributed by atoms with E-state index >= 15 is 0 Å². The third-order valence-electron chi connectivity index (χ3n) is 4.77. The number of benzene rings is 2. The highest BCUT2D eigenvalue weighted by Crippen LogP contribution is 2.42. The molecule has 5 heteroatoms. The fraction of sp³-hybridized carbons (Fsp3) is 0.368. The second-order valence-corrected chi connectivity index (χ2v) is 6.58. The summed E-state index contributed by atoms with van der Waals surface area (Å²) in [4.78, 5) is 2.23. The van der Waals surface area contributed by atoms with E-state index in [0.29, 0.717) is 5.75 Å². The monoisotopic (exact) mass is 329 g/mol. The zero-order valence-electron chi connectivity index (χ0n) is 14.2. The molecule has 1 heterocycles. The zero-order valence-corrected chi connectivity index (χ0v) is 14.2. The molecule has 2 atom stereocenters. The van der Waals surface area contributed by atoms with Crippen molar-refractivity contribution in [1.29, 1.82) is 0 Å². The van der Waals surface area contributed by atoms with Gasteiger partial charge in [0.1, 0.15) is 0 Å². The van der Waals surface area contributed by atoms with Gasteiger partial charge in [-0.15, -0.1) is 0 Å². The topological polar surface area (TPSA) is 73.2 Å². The summed E-state index contributed by atoms with van der Waals surface area (Å²) in [6.07, 6.45) is 0. The molecule has 5 nitrogen and oxygen atoms in total. The molecular weight excluding hydrogens is 306 g/mol. The molecule has 3 N–H and O–H groups in total. The van der Waals surface area contributed by atoms with Gasteiger partial charge in [0, 0.05) is 19.0 Å². The molecule has 0 fully saturated rings. The number of hydrogen-bond acceptors (Lipinski definition) is 5. The van der Waals surface area contributed by atoms with Crippen LogP contribution in [-0.2, 0) is 0 Å². The minimum Gasteiger partial charge on any atom is -0.504 e. The Morgan fingerprint density at radius 3 is 2.25 bits per heavy atom. The summed E-state index contributed by atoms with van der Waals surface area (Å²) < 4.78 is 5.12. The Labute approximate surface area is 141 Å². The number of phenols is 3. The summed E-state index contributed by atoms with van der Waals surface area (Å²) in [5.41, 5.74) is 2.95. The standard InChI is InChI=1S/C19H23NO4/c1-11-9-20(2)10-15(12-4-5-19(24-3)18(23)6-12)14-8-17(22)16(21)7-13(11)14/h4-8,11,15,21-23H,9-10H2,1-3H3. The van der Waals surface area contributed by atoms with Crippen LogP contribution in [0, 0.1) is 0 Å². The molecule has 0 amide bonds. The third kappa shape index (κ3) is 2.87. The minimum atomic E-state index is -0.117. The number of hydrogen-bond donors (Lipinski definition) is 3. The maximum Gasteiger partial charge on any atom is 0.160 e. The summed E-state index contributed by atoms with van der Waals surface area (Å²) in [5, 5.41) is 30.0. The van der Waals surface area contributed by atoms with Crippen molar-refractivity contribution in [3.05, 3.63) is 47.0 Å². The van der Waals surface area contributed by atoms with Gasteiger partial charge < -0.3 is 25.0 Å². The second-order valence-electron chi connectivity index (χ2n) is 6.58. The van der Waals surface area contributed by atoms with E-state index < -0.39 is 0 Å². The van der Waals surface area contributed by atoms with Gasteiger partial charge in [-0.1, -0.05) is 13.0 Å². The normalized spacial score (nSPS) is 21.1. The van der Waals surface area contributed by atoms with Crippen molar-refractivity contribution in [2.24, 2.45) is 0 Å². The number of phenolic OH excluding ortho intramolecular Hbond substituents is 3. The summed E-state index contributed by atoms with van der Waals surface area (Å²) in [7, 11) is 3.57. The Morgan fingerprint density at radius 2 is 1.62 bits per heavy atom. The second kappa shape index (κ2) is 6.24. The first-order valence-electron chi connectivity index (χ1n) is 8.02. The molecular formula is C19H23NO4. The molecule has 0 aromatic heterocycles. The van der Waals surface area contributed by atoms with Gasteiger partial charge in [-0.3, -0.25) is 0 Å². The first-order valence-corrected chi connectivity index (χ1v) is 8.02. The molecule has 2 unspecified atom stereocenters. The van der Waals surface area contributed by atoms with Crippen molar-refractivity contribution < 1.29 is 20.1 Å². The molecule has 24 heavy (non-hydrogen) atoms. The molecule has 0 aliphatic carbocycles. The van der Waals surface area contributed by atoms with Gasteiger partial charge in [0.15, 0.2) is 23.0 Å². The first-order chi connectivity index (χ1) is 11.4. The highest BCUT2D eigenvalue weighted by Gasteiger charge is 2.28. The molecule has 1 aliphatic rings. The van der Waals surface area contributed by atoms with Crippen LogP contribution in [0.4, 0.5) is 0 Å². The Balaban J connectivity index is 2.14. The number of rotatable bonds is 2. The average Bonchev–Trinajstić information content (AvgIpc) is 2.65. The quantitative estimate of drug-likeness (QED) is 0.739. The van der Waals surface area contributed by atoms with Crippen LogP contribution in [0.25, 0.3) is 0 Å². The lowest BCUT2D eigenvalue weighted by molar-refractivity contribution is 0.319. The lowest BCUT2D eigenvalue weighted by Gasteiger charge is -2.22. The average molecular weight is 329 g/mol. The van der Waals surface area contributed by atoms with Crippen LogP contribution in [0.2, 0.25) is 0 Å². The Hall–Kier alpha value is -2.40. The van der Waals surface area contributed by atoms with E-state index in [1.807, 2.05) is 6.07 Å². The van der Waals surface area contributed by atoms with Crippen molar-refractivity contribution in [3.8, 4) is 23.0 Å². The van der Waals surface area contributed by atoms with Gasteiger partial charge in [0.05, 0.1) is 7.11 Å². The lowest BCUT2D eigenvalue weighted by Crippen LogP contribution is -2.25. The molecule has 3 rings (SSSR count). The number of aromatic hydroxyl groups is 3. The largest absolute Gasteiger partial charge is 0.504 e. The lowest BCUT2D eigenvalue weighted by atomic mass is 9.85. The molecule has 0 saturated heterocycles. The van der Waals surface area contributed by atoms with E-state index in [0.717, 1.165) is 29.8 Å². The summed E-state index contributed by atoms with van der Waals surface area (Å²) in [6.45, 7) is 3.73. The molecule has 0 saturated carbocycles. The van der Waals surface area contributed by atoms with Gasteiger partial charge in [0.2, 0.25) is 0 Å². The fourth-order valence-electron chi connectivity index (χ4n) is 3.60. The van der Waals surface area contributed by atoms with Crippen LogP contribution in [0.5, 0.6) is 23.0 Å². The molecule has 0 radical (unpaired) electrons. The highest BCUT2D eigenvalue weighted by molar-refractivity contribution is 5.53. The van der Waals surface area contributed by atoms with Crippen LogP contribution in [0.3, 0.4) is 0 Å². The predicted octanol–water partition coefficient (Wildman–Crippen LogP) is 2.99. The van der Waals surface area contributed by atoms with Gasteiger partial charge in [-0.2, -0.15) is 0 Å². The number of ether oxygens (including phenoxy) is 1. The highest BCUT2D eigenvalue weighted by atomic mass is 16.5. The van der Waals surface area contributed by atoms with Crippen LogP contribution in [0.15, 0.2) is 30.3 Å². The van der Waals surface area contributed by atoms with Crippen LogP contribution >= 0.6 is 0 Å². The maximum absolute atomic E-state index is 10.1. The Morgan fingerprint density at radius 1 is 0.958 bits per heavy atom. The third-order valence-corrected chi connectivity index (χ3v) is 4.77. The molecule has 0 bridgehead atoms. The number of methoxy groups -OCH3 is 1. The molecule has 2 aromatic carbocycles. The van der Waals surface area contributed by atoms with Gasteiger partial charge >= 0.3 is 0 Å². The molecule has 1 aliphatic heterocycles. The molecule has 2 aromatic rings. The van der Waals surface area contributed by atoms with E-state index in [4.69, 9.17) is 4.74 Å². The van der Waals surface area contributed by atoms with E-state index in [9.17, 15) is 15.3 Å². The molecule has 128 valence electrons. The molecule has 0 spiro atoms. The summed E-state index contributed by atoms with van der Waals surface area (Å²) in [5.74, 6) is 0.531. The van der Waals surface area contributed by atoms with E-state index in [2.05, 4.69) is 18.9 Å². The van der Waals surface area contributed by atoms with Gasteiger partial charge in [-0.25, -0.2) is 0 Å². The predicted molar refractivity (Wildman–Crippen MR) is 92.2 cm³/mol.